The largest absolute Gasteiger partial charge is 0.382 e. The summed E-state index contributed by atoms with van der Waals surface area (Å²) in [5.41, 5.74) is 6.95. The molecule has 2 atom stereocenters. The molecule has 238 valence electrons. The van der Waals surface area contributed by atoms with E-state index in [-0.39, 0.29) is 29.1 Å². The standard InChI is InChI=1S/C29H56N5O4PS2/c1-5-41(3,4)21-16-14-12-10-8-6-7-9-11-13-15-19-40-20-17-18-38-39(35,36)25-37-26(2)22-34-24-33-27-28(30)31-23-32-29(27)34/h23-24,26H,5-22,25H2,1-4H3,(H,35,36)(H2,30,31,32)/t26-/m1/s1. The number of hydrogen-bond donors (Lipinski definition) is 2. The average molecular weight is 634 g/mol. The van der Waals surface area contributed by atoms with Crippen LogP contribution < -0.4 is 5.73 Å². The van der Waals surface area contributed by atoms with Gasteiger partial charge in [-0.05, 0) is 61.7 Å². The molecule has 0 aliphatic heterocycles. The summed E-state index contributed by atoms with van der Waals surface area (Å²) in [4.78, 5) is 22.5. The molecular formula is C29H56N5O4PS2. The van der Waals surface area contributed by atoms with Gasteiger partial charge in [0, 0.05) is 0 Å². The summed E-state index contributed by atoms with van der Waals surface area (Å²) in [6.45, 7) is 4.85. The molecule has 9 nitrogen and oxygen atoms in total. The molecular weight excluding hydrogens is 577 g/mol. The summed E-state index contributed by atoms with van der Waals surface area (Å²) in [7, 11) is -4.09. The number of fused-ring (bicyclic) bond motifs is 1. The Morgan fingerprint density at radius 3 is 2.24 bits per heavy atom. The van der Waals surface area contributed by atoms with Crippen LogP contribution in [0.4, 0.5) is 5.82 Å². The van der Waals surface area contributed by atoms with E-state index in [1.165, 1.54) is 88.5 Å². The number of aromatic nitrogens is 4. The van der Waals surface area contributed by atoms with Crippen molar-refractivity contribution in [3.8, 4) is 0 Å². The van der Waals surface area contributed by atoms with E-state index in [1.54, 1.807) is 10.9 Å². The minimum Gasteiger partial charge on any atom is -0.382 e. The van der Waals surface area contributed by atoms with Crippen LogP contribution in [0.3, 0.4) is 0 Å². The first kappa shape index (κ1) is 36.4. The molecule has 0 aliphatic rings. The highest BCUT2D eigenvalue weighted by Gasteiger charge is 2.21. The molecule has 0 radical (unpaired) electrons. The fraction of sp³-hybridized carbons (Fsp3) is 0.828. The summed E-state index contributed by atoms with van der Waals surface area (Å²) in [6.07, 6.45) is 23.1. The maximum atomic E-state index is 12.3. The van der Waals surface area contributed by atoms with Gasteiger partial charge in [0.05, 0.1) is 25.6 Å². The van der Waals surface area contributed by atoms with Crippen LogP contribution in [0.1, 0.15) is 90.9 Å². The zero-order chi connectivity index (χ0) is 30.0. The van der Waals surface area contributed by atoms with E-state index in [2.05, 4.69) is 34.4 Å². The number of rotatable bonds is 25. The van der Waals surface area contributed by atoms with E-state index in [4.69, 9.17) is 15.0 Å². The molecule has 2 rings (SSSR count). The first-order valence-corrected chi connectivity index (χ1v) is 21.1. The van der Waals surface area contributed by atoms with E-state index in [0.717, 1.165) is 17.9 Å². The molecule has 1 unspecified atom stereocenters. The number of imidazole rings is 1. The van der Waals surface area contributed by atoms with Gasteiger partial charge in [-0.3, -0.25) is 4.57 Å². The third kappa shape index (κ3) is 16.0. The van der Waals surface area contributed by atoms with E-state index < -0.39 is 7.60 Å². The second-order valence-corrected chi connectivity index (χ2v) is 19.1. The Bertz CT molecular complexity index is 1030. The Morgan fingerprint density at radius 2 is 1.59 bits per heavy atom. The van der Waals surface area contributed by atoms with Crippen LogP contribution in [0.25, 0.3) is 11.2 Å². The van der Waals surface area contributed by atoms with E-state index in [0.29, 0.717) is 23.5 Å². The lowest BCUT2D eigenvalue weighted by molar-refractivity contribution is 0.0718. The molecule has 12 heteroatoms. The molecule has 0 bridgehead atoms. The third-order valence-corrected chi connectivity index (χ3v) is 12.6. The average Bonchev–Trinajstić information content (AvgIpc) is 3.35. The van der Waals surface area contributed by atoms with Gasteiger partial charge in [-0.2, -0.15) is 11.8 Å². The SMILES string of the molecule is CCS(C)(C)CCCCCCCCCCCCCSCCCOP(=O)(O)CO[C@H](C)Cn1cnc2c(N)ncnc21. The number of nitrogens with two attached hydrogens (primary N) is 1. The van der Waals surface area contributed by atoms with Crippen LogP contribution in [-0.4, -0.2) is 79.0 Å². The number of thioether (sulfide) groups is 1. The monoisotopic (exact) mass is 633 g/mol. The van der Waals surface area contributed by atoms with Crippen molar-refractivity contribution in [2.45, 2.75) is 104 Å². The summed E-state index contributed by atoms with van der Waals surface area (Å²) in [5.74, 6) is 5.23. The van der Waals surface area contributed by atoms with Crippen molar-refractivity contribution in [1.82, 2.24) is 19.5 Å². The van der Waals surface area contributed by atoms with Crippen molar-refractivity contribution in [3.63, 3.8) is 0 Å². The summed E-state index contributed by atoms with van der Waals surface area (Å²) >= 11 is 1.90. The zero-order valence-electron chi connectivity index (χ0n) is 26.0. The molecule has 0 fully saturated rings. The molecule has 0 saturated carbocycles. The van der Waals surface area contributed by atoms with Crippen LogP contribution in [0.5, 0.6) is 0 Å². The van der Waals surface area contributed by atoms with Crippen LogP contribution in [-0.2, 0) is 20.4 Å². The Morgan fingerprint density at radius 1 is 0.976 bits per heavy atom. The van der Waals surface area contributed by atoms with Crippen molar-refractivity contribution >= 4 is 46.4 Å². The smallest absolute Gasteiger partial charge is 0.353 e. The normalized spacial score (nSPS) is 14.9. The molecule has 0 spiro atoms. The van der Waals surface area contributed by atoms with E-state index in [9.17, 15) is 9.46 Å². The van der Waals surface area contributed by atoms with Crippen LogP contribution in [0, 0.1) is 0 Å². The number of ether oxygens (including phenoxy) is 1. The summed E-state index contributed by atoms with van der Waals surface area (Å²) < 4.78 is 25.0. The Balaban J connectivity index is 1.37. The van der Waals surface area contributed by atoms with Crippen molar-refractivity contribution < 1.29 is 18.7 Å². The predicted molar refractivity (Wildman–Crippen MR) is 179 cm³/mol. The molecule has 2 heterocycles. The second kappa shape index (κ2) is 20.2. The van der Waals surface area contributed by atoms with Gasteiger partial charge < -0.3 is 24.5 Å². The number of hydrogen-bond acceptors (Lipinski definition) is 8. The fourth-order valence-corrected chi connectivity index (χ4v) is 7.66. The quantitative estimate of drug-likeness (QED) is 0.0846. The molecule has 41 heavy (non-hydrogen) atoms. The Kier molecular flexibility index (Phi) is 17.9. The first-order chi connectivity index (χ1) is 19.6. The minimum atomic E-state index is -3.79. The maximum Gasteiger partial charge on any atom is 0.353 e. The van der Waals surface area contributed by atoms with Gasteiger partial charge in [0.15, 0.2) is 11.5 Å². The van der Waals surface area contributed by atoms with Gasteiger partial charge in [-0.1, -0.05) is 64.7 Å². The number of nitrogen functional groups attached to an aromatic ring is 1. The predicted octanol–water partition coefficient (Wildman–Crippen LogP) is 7.47. The molecule has 0 aromatic carbocycles. The second-order valence-electron chi connectivity index (χ2n) is 11.5. The molecule has 0 saturated heterocycles. The van der Waals surface area contributed by atoms with Gasteiger partial charge in [-0.25, -0.2) is 25.0 Å². The maximum absolute atomic E-state index is 12.3. The Hall–Kier alpha value is -0.840. The van der Waals surface area contributed by atoms with E-state index in [1.807, 2.05) is 18.7 Å². The van der Waals surface area contributed by atoms with Crippen LogP contribution >= 0.6 is 29.4 Å². The van der Waals surface area contributed by atoms with Crippen LogP contribution in [0.2, 0.25) is 0 Å². The fourth-order valence-electron chi connectivity index (χ4n) is 4.52. The topological polar surface area (TPSA) is 125 Å². The van der Waals surface area contributed by atoms with Crippen molar-refractivity contribution in [3.05, 3.63) is 12.7 Å². The minimum absolute atomic E-state index is 0.263. The molecule has 0 aliphatic carbocycles. The number of unbranched alkanes of at least 4 members (excludes halogenated alkanes) is 10. The van der Waals surface area contributed by atoms with E-state index >= 15 is 0 Å². The van der Waals surface area contributed by atoms with Crippen LogP contribution in [0.15, 0.2) is 12.7 Å². The molecule has 0 amide bonds. The highest BCUT2D eigenvalue weighted by molar-refractivity contribution is 8.32. The van der Waals surface area contributed by atoms with Gasteiger partial charge >= 0.3 is 7.60 Å². The number of anilines is 1. The van der Waals surface area contributed by atoms with Crippen molar-refractivity contribution in [1.29, 1.82) is 0 Å². The summed E-state index contributed by atoms with van der Waals surface area (Å²) in [6, 6.07) is 0. The van der Waals surface area contributed by atoms with Gasteiger partial charge in [0.1, 0.15) is 18.2 Å². The lowest BCUT2D eigenvalue weighted by Crippen LogP contribution is -2.17. The van der Waals surface area contributed by atoms with Gasteiger partial charge in [0.2, 0.25) is 0 Å². The van der Waals surface area contributed by atoms with Crippen molar-refractivity contribution in [2.24, 2.45) is 0 Å². The molecule has 2 aromatic heterocycles. The molecule has 3 N–H and O–H groups in total. The first-order valence-electron chi connectivity index (χ1n) is 15.4. The van der Waals surface area contributed by atoms with Crippen molar-refractivity contribution in [2.75, 3.05) is 54.2 Å². The lowest BCUT2D eigenvalue weighted by atomic mass is 10.1. The lowest BCUT2D eigenvalue weighted by Gasteiger charge is -2.29. The molecule has 2 aromatic rings. The van der Waals surface area contributed by atoms with Gasteiger partial charge in [-0.15, -0.1) is 0 Å². The summed E-state index contributed by atoms with van der Waals surface area (Å²) in [5, 5.41) is 0. The highest BCUT2D eigenvalue weighted by atomic mass is 32.3. The number of nitrogens with zero attached hydrogens (tertiary/aromatic N) is 4. The third-order valence-electron chi connectivity index (χ3n) is 7.40. The zero-order valence-corrected chi connectivity index (χ0v) is 28.5. The highest BCUT2D eigenvalue weighted by Crippen LogP contribution is 2.42. The van der Waals surface area contributed by atoms with Gasteiger partial charge in [0.25, 0.3) is 0 Å². The Labute approximate surface area is 254 Å².